The maximum Gasteiger partial charge on any atom is 0.325 e. The van der Waals surface area contributed by atoms with Crippen molar-refractivity contribution in [2.24, 2.45) is 5.92 Å². The summed E-state index contributed by atoms with van der Waals surface area (Å²) in [5.41, 5.74) is -0.870. The van der Waals surface area contributed by atoms with E-state index < -0.39 is 21.6 Å². The van der Waals surface area contributed by atoms with Gasteiger partial charge in [0, 0.05) is 26.2 Å². The summed E-state index contributed by atoms with van der Waals surface area (Å²) >= 11 is 0. The monoisotopic (exact) mass is 386 g/mol. The summed E-state index contributed by atoms with van der Waals surface area (Å²) in [6, 6.07) is -0.508. The molecule has 2 heterocycles. The van der Waals surface area contributed by atoms with Crippen LogP contribution in [-0.2, 0) is 19.6 Å². The molecule has 2 saturated heterocycles. The van der Waals surface area contributed by atoms with Gasteiger partial charge in [0.25, 0.3) is 5.91 Å². The fourth-order valence-corrected chi connectivity index (χ4v) is 4.97. The quantitative estimate of drug-likeness (QED) is 0.664. The number of carbonyl (C=O) groups excluding carboxylic acids is 3. The molecule has 9 nitrogen and oxygen atoms in total. The van der Waals surface area contributed by atoms with Crippen molar-refractivity contribution in [3.63, 3.8) is 0 Å². The van der Waals surface area contributed by atoms with E-state index in [4.69, 9.17) is 0 Å². The molecule has 0 aromatic heterocycles. The second-order valence-corrected chi connectivity index (χ2v) is 9.46. The molecular formula is C16H26N4O5S. The summed E-state index contributed by atoms with van der Waals surface area (Å²) in [6.07, 6.45) is 4.54. The van der Waals surface area contributed by atoms with E-state index in [1.807, 2.05) is 6.92 Å². The van der Waals surface area contributed by atoms with Crippen LogP contribution < -0.4 is 5.32 Å². The third-order valence-corrected chi connectivity index (χ3v) is 7.16. The van der Waals surface area contributed by atoms with Gasteiger partial charge in [-0.3, -0.25) is 14.5 Å². The van der Waals surface area contributed by atoms with Gasteiger partial charge >= 0.3 is 6.03 Å². The van der Waals surface area contributed by atoms with E-state index in [1.54, 1.807) is 0 Å². The van der Waals surface area contributed by atoms with Gasteiger partial charge < -0.3 is 10.2 Å². The first-order valence-electron chi connectivity index (χ1n) is 9.02. The largest absolute Gasteiger partial charge is 0.338 e. The Balaban J connectivity index is 1.63. The Morgan fingerprint density at radius 2 is 1.85 bits per heavy atom. The SMILES string of the molecule is C[C@H]1CCCC[C@]12NC(=O)N(CC(=O)N1CCN(S(C)(=O)=O)CC1)C2=O. The van der Waals surface area contributed by atoms with Crippen LogP contribution in [0.5, 0.6) is 0 Å². The lowest BCUT2D eigenvalue weighted by Gasteiger charge is -2.37. The molecule has 2 atom stereocenters. The lowest BCUT2D eigenvalue weighted by molar-refractivity contribution is -0.141. The van der Waals surface area contributed by atoms with Crippen LogP contribution in [-0.4, -0.2) is 84.9 Å². The third-order valence-electron chi connectivity index (χ3n) is 5.86. The van der Waals surface area contributed by atoms with Gasteiger partial charge in [-0.2, -0.15) is 4.31 Å². The predicted molar refractivity (Wildman–Crippen MR) is 93.6 cm³/mol. The highest BCUT2D eigenvalue weighted by Crippen LogP contribution is 2.38. The van der Waals surface area contributed by atoms with Gasteiger partial charge in [0.05, 0.1) is 6.26 Å². The lowest BCUT2D eigenvalue weighted by Crippen LogP contribution is -2.55. The molecule has 1 saturated carbocycles. The zero-order valence-electron chi connectivity index (χ0n) is 15.2. The molecule has 0 radical (unpaired) electrons. The molecular weight excluding hydrogens is 360 g/mol. The Hall–Kier alpha value is -1.68. The highest BCUT2D eigenvalue weighted by Gasteiger charge is 2.55. The minimum Gasteiger partial charge on any atom is -0.338 e. The molecule has 1 spiro atoms. The molecule has 0 aromatic rings. The standard InChI is InChI=1S/C16H26N4O5S/c1-12-5-3-4-6-16(12)14(22)20(15(23)17-16)11-13(21)18-7-9-19(10-8-18)26(2,24)25/h12H,3-11H2,1-2H3,(H,17,23)/t12-,16-/m0/s1. The predicted octanol–water partition coefficient (Wildman–Crippen LogP) is -0.409. The molecule has 0 aromatic carbocycles. The number of carbonyl (C=O) groups is 3. The second kappa shape index (κ2) is 6.80. The molecule has 4 amide bonds. The Kier molecular flexibility index (Phi) is 5.00. The first-order chi connectivity index (χ1) is 12.1. The highest BCUT2D eigenvalue weighted by atomic mass is 32.2. The minimum atomic E-state index is -3.27. The molecule has 3 aliphatic rings. The number of hydrogen-bond acceptors (Lipinski definition) is 5. The topological polar surface area (TPSA) is 107 Å². The van der Waals surface area contributed by atoms with Crippen molar-refractivity contribution in [1.82, 2.24) is 19.4 Å². The lowest BCUT2D eigenvalue weighted by atomic mass is 9.73. The van der Waals surface area contributed by atoms with E-state index in [-0.39, 0.29) is 50.5 Å². The number of imide groups is 1. The Morgan fingerprint density at radius 3 is 2.42 bits per heavy atom. The van der Waals surface area contributed by atoms with E-state index in [0.717, 1.165) is 30.4 Å². The van der Waals surface area contributed by atoms with Gasteiger partial charge in [-0.15, -0.1) is 0 Å². The third kappa shape index (κ3) is 3.32. The number of nitrogens with one attached hydrogen (secondary N) is 1. The number of hydrogen-bond donors (Lipinski definition) is 1. The van der Waals surface area contributed by atoms with E-state index in [1.165, 1.54) is 9.21 Å². The normalized spacial score (nSPS) is 30.8. The fraction of sp³-hybridized carbons (Fsp3) is 0.812. The molecule has 1 aliphatic carbocycles. The van der Waals surface area contributed by atoms with Crippen molar-refractivity contribution < 1.29 is 22.8 Å². The average Bonchev–Trinajstić information content (AvgIpc) is 2.82. The molecule has 26 heavy (non-hydrogen) atoms. The Morgan fingerprint density at radius 1 is 1.19 bits per heavy atom. The van der Waals surface area contributed by atoms with Crippen LogP contribution in [0.4, 0.5) is 4.79 Å². The van der Waals surface area contributed by atoms with E-state index in [2.05, 4.69) is 5.32 Å². The minimum absolute atomic E-state index is 0.0473. The van der Waals surface area contributed by atoms with Gasteiger partial charge in [-0.05, 0) is 18.8 Å². The van der Waals surface area contributed by atoms with Crippen molar-refractivity contribution in [3.8, 4) is 0 Å². The summed E-state index contributed by atoms with van der Waals surface area (Å²) in [4.78, 5) is 40.3. The van der Waals surface area contributed by atoms with Crippen molar-refractivity contribution in [2.75, 3.05) is 39.0 Å². The first kappa shape index (κ1) is 19.1. The van der Waals surface area contributed by atoms with Crippen molar-refractivity contribution in [3.05, 3.63) is 0 Å². The van der Waals surface area contributed by atoms with Gasteiger partial charge in [0.15, 0.2) is 0 Å². The van der Waals surface area contributed by atoms with Crippen molar-refractivity contribution >= 4 is 27.9 Å². The molecule has 10 heteroatoms. The number of piperazine rings is 1. The van der Waals surface area contributed by atoms with E-state index >= 15 is 0 Å². The van der Waals surface area contributed by atoms with Gasteiger partial charge in [0.2, 0.25) is 15.9 Å². The van der Waals surface area contributed by atoms with Crippen LogP contribution >= 0.6 is 0 Å². The summed E-state index contributed by atoms with van der Waals surface area (Å²) < 4.78 is 24.4. The molecule has 3 rings (SSSR count). The van der Waals surface area contributed by atoms with Crippen LogP contribution in [0.2, 0.25) is 0 Å². The Bertz CT molecular complexity index is 716. The number of urea groups is 1. The van der Waals surface area contributed by atoms with Crippen molar-refractivity contribution in [2.45, 2.75) is 38.1 Å². The molecule has 3 fully saturated rings. The van der Waals surface area contributed by atoms with Gasteiger partial charge in [0.1, 0.15) is 12.1 Å². The number of nitrogens with zero attached hydrogens (tertiary/aromatic N) is 3. The second-order valence-electron chi connectivity index (χ2n) is 7.48. The van der Waals surface area contributed by atoms with Gasteiger partial charge in [-0.25, -0.2) is 13.2 Å². The van der Waals surface area contributed by atoms with Crippen LogP contribution in [0.15, 0.2) is 0 Å². The van der Waals surface area contributed by atoms with Crippen LogP contribution in [0.1, 0.15) is 32.6 Å². The average molecular weight is 386 g/mol. The molecule has 2 aliphatic heterocycles. The van der Waals surface area contributed by atoms with E-state index in [9.17, 15) is 22.8 Å². The zero-order chi connectivity index (χ0) is 19.1. The van der Waals surface area contributed by atoms with Crippen molar-refractivity contribution in [1.29, 1.82) is 0 Å². The van der Waals surface area contributed by atoms with Crippen LogP contribution in [0.3, 0.4) is 0 Å². The molecule has 146 valence electrons. The number of amides is 4. The highest BCUT2D eigenvalue weighted by molar-refractivity contribution is 7.88. The smallest absolute Gasteiger partial charge is 0.325 e. The molecule has 1 N–H and O–H groups in total. The summed E-state index contributed by atoms with van der Waals surface area (Å²) in [7, 11) is -3.27. The Labute approximate surface area is 153 Å². The first-order valence-corrected chi connectivity index (χ1v) is 10.9. The maximum absolute atomic E-state index is 12.9. The van der Waals surface area contributed by atoms with Crippen LogP contribution in [0, 0.1) is 5.92 Å². The maximum atomic E-state index is 12.9. The number of rotatable bonds is 3. The van der Waals surface area contributed by atoms with E-state index in [0.29, 0.717) is 6.42 Å². The van der Waals surface area contributed by atoms with Gasteiger partial charge in [-0.1, -0.05) is 19.8 Å². The molecule has 0 unspecified atom stereocenters. The number of sulfonamides is 1. The fourth-order valence-electron chi connectivity index (χ4n) is 4.14. The molecule has 0 bridgehead atoms. The summed E-state index contributed by atoms with van der Waals surface area (Å²) in [5, 5.41) is 2.83. The van der Waals surface area contributed by atoms with Crippen LogP contribution in [0.25, 0.3) is 0 Å². The summed E-state index contributed by atoms with van der Waals surface area (Å²) in [5.74, 6) is -0.592. The summed E-state index contributed by atoms with van der Waals surface area (Å²) in [6.45, 7) is 2.65. The zero-order valence-corrected chi connectivity index (χ0v) is 16.0.